The minimum absolute atomic E-state index is 0.209. The van der Waals surface area contributed by atoms with Gasteiger partial charge in [-0.15, -0.1) is 0 Å². The maximum Gasteiger partial charge on any atom is 0.0606 e. The highest BCUT2D eigenvalue weighted by Gasteiger charge is 2.26. The summed E-state index contributed by atoms with van der Waals surface area (Å²) in [4.78, 5) is 2.39. The van der Waals surface area contributed by atoms with E-state index in [1.165, 1.54) is 36.1 Å². The van der Waals surface area contributed by atoms with Crippen LogP contribution in [0, 0.1) is 6.92 Å². The molecule has 0 aromatic heterocycles. The summed E-state index contributed by atoms with van der Waals surface area (Å²) in [5.74, 6) is 0. The van der Waals surface area contributed by atoms with Crippen LogP contribution in [0.15, 0.2) is 18.2 Å². The predicted molar refractivity (Wildman–Crippen MR) is 86.8 cm³/mol. The van der Waals surface area contributed by atoms with Crippen molar-refractivity contribution in [3.05, 3.63) is 29.3 Å². The average molecular weight is 292 g/mol. The molecule has 0 heterocycles. The van der Waals surface area contributed by atoms with Crippen molar-refractivity contribution < 1.29 is 9.84 Å². The van der Waals surface area contributed by atoms with Gasteiger partial charge in [0.15, 0.2) is 0 Å². The van der Waals surface area contributed by atoms with E-state index >= 15 is 0 Å². The number of rotatable bonds is 9. The molecule has 0 bridgehead atoms. The molecule has 0 saturated heterocycles. The molecule has 0 unspecified atom stereocenters. The number of nitrogens with zero attached hydrogens (tertiary/aromatic N) is 1. The van der Waals surface area contributed by atoms with Crippen LogP contribution in [-0.4, -0.2) is 44.6 Å². The third kappa shape index (κ3) is 4.43. The molecule has 2 rings (SSSR count). The number of methoxy groups -OCH3 is 1. The Labute approximate surface area is 128 Å². The quantitative estimate of drug-likeness (QED) is 0.684. The molecule has 1 aromatic carbocycles. The zero-order valence-electron chi connectivity index (χ0n) is 13.3. The molecule has 0 radical (unpaired) electrons. The first-order valence-corrected chi connectivity index (χ1v) is 7.93. The fraction of sp³-hybridized carbons (Fsp3) is 0.647. The van der Waals surface area contributed by atoms with Crippen molar-refractivity contribution in [1.82, 2.24) is 5.32 Å². The van der Waals surface area contributed by atoms with Gasteiger partial charge in [0.25, 0.3) is 0 Å². The maximum atomic E-state index is 9.38. The molecule has 1 aromatic rings. The van der Waals surface area contributed by atoms with E-state index in [4.69, 9.17) is 4.74 Å². The molecule has 0 atom stereocenters. The first-order chi connectivity index (χ1) is 10.3. The molecular weight excluding hydrogens is 264 g/mol. The van der Waals surface area contributed by atoms with E-state index in [0.29, 0.717) is 6.04 Å². The van der Waals surface area contributed by atoms with Gasteiger partial charge in [0.1, 0.15) is 0 Å². The lowest BCUT2D eigenvalue weighted by atomic mass is 9.90. The topological polar surface area (TPSA) is 44.7 Å². The molecule has 21 heavy (non-hydrogen) atoms. The highest BCUT2D eigenvalue weighted by Crippen LogP contribution is 2.32. The zero-order chi connectivity index (χ0) is 15.1. The highest BCUT2D eigenvalue weighted by atomic mass is 16.5. The molecule has 1 fully saturated rings. The number of hydrogen-bond acceptors (Lipinski definition) is 4. The molecule has 118 valence electrons. The van der Waals surface area contributed by atoms with Gasteiger partial charge in [-0.1, -0.05) is 17.7 Å². The van der Waals surface area contributed by atoms with E-state index in [-0.39, 0.29) is 6.61 Å². The van der Waals surface area contributed by atoms with Crippen LogP contribution in [0.5, 0.6) is 0 Å². The molecule has 1 aliphatic carbocycles. The standard InChI is InChI=1S/C17H28N2O2/c1-14-6-7-17(15(12-14)13-18-8-11-21-2)19(9-10-20)16-4-3-5-16/h6-7,12,16,18,20H,3-5,8-11,13H2,1-2H3. The van der Waals surface area contributed by atoms with E-state index in [9.17, 15) is 5.11 Å². The van der Waals surface area contributed by atoms with Gasteiger partial charge in [-0.25, -0.2) is 0 Å². The summed E-state index contributed by atoms with van der Waals surface area (Å²) >= 11 is 0. The SMILES string of the molecule is COCCNCc1cc(C)ccc1N(CCO)C1CCC1. The Morgan fingerprint density at radius 3 is 2.81 bits per heavy atom. The number of hydrogen-bond donors (Lipinski definition) is 2. The van der Waals surface area contributed by atoms with Crippen LogP contribution in [0.2, 0.25) is 0 Å². The van der Waals surface area contributed by atoms with Crippen LogP contribution in [0.4, 0.5) is 5.69 Å². The average Bonchev–Trinajstić information content (AvgIpc) is 2.41. The molecule has 0 amide bonds. The molecule has 1 aliphatic rings. The van der Waals surface area contributed by atoms with Gasteiger partial charge in [0, 0.05) is 38.5 Å². The van der Waals surface area contributed by atoms with Crippen molar-refractivity contribution in [2.75, 3.05) is 38.3 Å². The fourth-order valence-corrected chi connectivity index (χ4v) is 2.84. The molecule has 1 saturated carbocycles. The number of aliphatic hydroxyl groups is 1. The van der Waals surface area contributed by atoms with Crippen molar-refractivity contribution >= 4 is 5.69 Å². The van der Waals surface area contributed by atoms with Crippen molar-refractivity contribution in [1.29, 1.82) is 0 Å². The second kappa shape index (κ2) is 8.37. The lowest BCUT2D eigenvalue weighted by Crippen LogP contribution is -2.42. The summed E-state index contributed by atoms with van der Waals surface area (Å²) in [5, 5.41) is 12.8. The van der Waals surface area contributed by atoms with Gasteiger partial charge in [0.05, 0.1) is 13.2 Å². The lowest BCUT2D eigenvalue weighted by molar-refractivity contribution is 0.199. The second-order valence-corrected chi connectivity index (χ2v) is 5.80. The van der Waals surface area contributed by atoms with Gasteiger partial charge in [-0.3, -0.25) is 0 Å². The first-order valence-electron chi connectivity index (χ1n) is 7.93. The summed E-state index contributed by atoms with van der Waals surface area (Å²) in [6.07, 6.45) is 3.79. The first kappa shape index (κ1) is 16.3. The summed E-state index contributed by atoms with van der Waals surface area (Å²) in [7, 11) is 1.72. The number of nitrogens with one attached hydrogen (secondary N) is 1. The van der Waals surface area contributed by atoms with Crippen LogP contribution >= 0.6 is 0 Å². The van der Waals surface area contributed by atoms with Crippen molar-refractivity contribution in [3.8, 4) is 0 Å². The monoisotopic (exact) mass is 292 g/mol. The van der Waals surface area contributed by atoms with E-state index in [0.717, 1.165) is 26.2 Å². The number of ether oxygens (including phenoxy) is 1. The third-order valence-corrected chi connectivity index (χ3v) is 4.20. The second-order valence-electron chi connectivity index (χ2n) is 5.80. The van der Waals surface area contributed by atoms with Gasteiger partial charge in [-0.2, -0.15) is 0 Å². The summed E-state index contributed by atoms with van der Waals surface area (Å²) < 4.78 is 5.08. The lowest BCUT2D eigenvalue weighted by Gasteiger charge is -2.40. The molecular formula is C17H28N2O2. The molecule has 4 nitrogen and oxygen atoms in total. The van der Waals surface area contributed by atoms with E-state index in [2.05, 4.69) is 35.3 Å². The van der Waals surface area contributed by atoms with E-state index in [1.54, 1.807) is 7.11 Å². The van der Waals surface area contributed by atoms with Crippen molar-refractivity contribution in [3.63, 3.8) is 0 Å². The highest BCUT2D eigenvalue weighted by molar-refractivity contribution is 5.56. The van der Waals surface area contributed by atoms with E-state index < -0.39 is 0 Å². The predicted octanol–water partition coefficient (Wildman–Crippen LogP) is 2.08. The van der Waals surface area contributed by atoms with Gasteiger partial charge in [0.2, 0.25) is 0 Å². The summed E-state index contributed by atoms with van der Waals surface area (Å²) in [6, 6.07) is 7.21. The normalized spacial score (nSPS) is 15.0. The maximum absolute atomic E-state index is 9.38. The minimum atomic E-state index is 0.209. The molecule has 0 spiro atoms. The van der Waals surface area contributed by atoms with Crippen LogP contribution in [0.1, 0.15) is 30.4 Å². The molecule has 4 heteroatoms. The molecule has 2 N–H and O–H groups in total. The van der Waals surface area contributed by atoms with Crippen molar-refractivity contribution in [2.24, 2.45) is 0 Å². The van der Waals surface area contributed by atoms with E-state index in [1.807, 2.05) is 0 Å². The Morgan fingerprint density at radius 1 is 1.38 bits per heavy atom. The fourth-order valence-electron chi connectivity index (χ4n) is 2.84. The number of aliphatic hydroxyl groups excluding tert-OH is 1. The molecule has 0 aliphatic heterocycles. The summed E-state index contributed by atoms with van der Waals surface area (Å²) in [5.41, 5.74) is 3.86. The Kier molecular flexibility index (Phi) is 6.49. The number of benzene rings is 1. The minimum Gasteiger partial charge on any atom is -0.395 e. The summed E-state index contributed by atoms with van der Waals surface area (Å²) in [6.45, 7) is 5.48. The van der Waals surface area contributed by atoms with Gasteiger partial charge >= 0.3 is 0 Å². The third-order valence-electron chi connectivity index (χ3n) is 4.20. The van der Waals surface area contributed by atoms with Gasteiger partial charge in [-0.05, 0) is 37.8 Å². The Morgan fingerprint density at radius 2 is 2.19 bits per heavy atom. The smallest absolute Gasteiger partial charge is 0.0606 e. The Bertz CT molecular complexity index is 433. The number of anilines is 1. The van der Waals surface area contributed by atoms with Crippen LogP contribution in [0.25, 0.3) is 0 Å². The van der Waals surface area contributed by atoms with Crippen molar-refractivity contribution in [2.45, 2.75) is 38.8 Å². The van der Waals surface area contributed by atoms with Crippen LogP contribution < -0.4 is 10.2 Å². The Hall–Kier alpha value is -1.10. The number of aryl methyl sites for hydroxylation is 1. The van der Waals surface area contributed by atoms with Crippen LogP contribution in [-0.2, 0) is 11.3 Å². The Balaban J connectivity index is 2.11. The van der Waals surface area contributed by atoms with Gasteiger partial charge < -0.3 is 20.1 Å². The zero-order valence-corrected chi connectivity index (χ0v) is 13.3. The largest absolute Gasteiger partial charge is 0.395 e. The van der Waals surface area contributed by atoms with Crippen LogP contribution in [0.3, 0.4) is 0 Å².